The Morgan fingerprint density at radius 2 is 1.79 bits per heavy atom. The molecule has 0 aliphatic rings. The summed E-state index contributed by atoms with van der Waals surface area (Å²) >= 11 is 7.07. The van der Waals surface area contributed by atoms with E-state index in [-0.39, 0.29) is 6.04 Å². The number of hydrogen-bond donors (Lipinski definition) is 2. The Morgan fingerprint density at radius 1 is 1.05 bits per heavy atom. The van der Waals surface area contributed by atoms with Crippen LogP contribution in [-0.4, -0.2) is 0 Å². The molecule has 0 amide bonds. The highest BCUT2D eigenvalue weighted by Gasteiger charge is 2.17. The topological polar surface area (TPSA) is 38.0 Å². The number of nitrogens with one attached hydrogen (secondary N) is 1. The van der Waals surface area contributed by atoms with E-state index in [0.717, 1.165) is 14.5 Å². The predicted molar refractivity (Wildman–Crippen MR) is 86.9 cm³/mol. The van der Waals surface area contributed by atoms with E-state index in [9.17, 15) is 0 Å². The number of halogens is 2. The molecule has 0 saturated carbocycles. The zero-order valence-corrected chi connectivity index (χ0v) is 14.0. The van der Waals surface area contributed by atoms with Gasteiger partial charge in [0.2, 0.25) is 0 Å². The van der Waals surface area contributed by atoms with E-state index in [1.165, 1.54) is 16.7 Å². The van der Waals surface area contributed by atoms with Gasteiger partial charge in [-0.25, -0.2) is 5.43 Å². The van der Waals surface area contributed by atoms with Gasteiger partial charge in [0.1, 0.15) is 0 Å². The third kappa shape index (κ3) is 3.08. The lowest BCUT2D eigenvalue weighted by Crippen LogP contribution is -2.29. The van der Waals surface area contributed by atoms with Crippen molar-refractivity contribution in [3.8, 4) is 0 Å². The van der Waals surface area contributed by atoms with Gasteiger partial charge in [0.05, 0.1) is 6.04 Å². The van der Waals surface area contributed by atoms with Crippen LogP contribution in [0.1, 0.15) is 28.3 Å². The van der Waals surface area contributed by atoms with Crippen molar-refractivity contribution < 1.29 is 0 Å². The van der Waals surface area contributed by atoms with Crippen LogP contribution in [0.25, 0.3) is 0 Å². The molecule has 3 N–H and O–H groups in total. The summed E-state index contributed by atoms with van der Waals surface area (Å²) in [6.07, 6.45) is 0. The summed E-state index contributed by atoms with van der Waals surface area (Å²) in [7, 11) is 0. The number of aryl methyl sites for hydroxylation is 1. The second-order valence-corrected chi connectivity index (χ2v) is 6.32. The molecule has 2 aromatic rings. The maximum absolute atomic E-state index is 5.78. The van der Waals surface area contributed by atoms with Crippen LogP contribution >= 0.6 is 31.9 Å². The fraction of sp³-hybridized carbons (Fsp3) is 0.200. The molecule has 2 rings (SSSR count). The zero-order valence-electron chi connectivity index (χ0n) is 10.9. The maximum atomic E-state index is 5.78. The summed E-state index contributed by atoms with van der Waals surface area (Å²) in [4.78, 5) is 0. The Hall–Kier alpha value is -0.680. The standard InChI is InChI=1S/C15H16Br2N2/c1-9-4-3-5-12(10(9)2)15(19-18)13-7-6-11(16)8-14(13)17/h3-8,15,19H,18H2,1-2H3. The molecule has 4 heteroatoms. The number of hydrazine groups is 1. The van der Waals surface area contributed by atoms with E-state index in [0.29, 0.717) is 0 Å². The van der Waals surface area contributed by atoms with Gasteiger partial charge in [-0.15, -0.1) is 0 Å². The molecular weight excluding hydrogens is 368 g/mol. The van der Waals surface area contributed by atoms with Crippen LogP contribution in [0, 0.1) is 13.8 Å². The van der Waals surface area contributed by atoms with Crippen LogP contribution in [0.5, 0.6) is 0 Å². The second-order valence-electron chi connectivity index (χ2n) is 4.55. The van der Waals surface area contributed by atoms with Crippen molar-refractivity contribution in [1.29, 1.82) is 0 Å². The molecule has 100 valence electrons. The quantitative estimate of drug-likeness (QED) is 0.609. The summed E-state index contributed by atoms with van der Waals surface area (Å²) in [5, 5.41) is 0. The molecule has 2 nitrogen and oxygen atoms in total. The SMILES string of the molecule is Cc1cccc(C(NN)c2ccc(Br)cc2Br)c1C. The van der Waals surface area contributed by atoms with Crippen molar-refractivity contribution in [2.45, 2.75) is 19.9 Å². The highest BCUT2D eigenvalue weighted by Crippen LogP contribution is 2.32. The van der Waals surface area contributed by atoms with Crippen LogP contribution < -0.4 is 11.3 Å². The van der Waals surface area contributed by atoms with Gasteiger partial charge in [-0.1, -0.05) is 56.1 Å². The molecule has 0 aromatic heterocycles. The predicted octanol–water partition coefficient (Wildman–Crippen LogP) is 4.38. The number of benzene rings is 2. The third-order valence-electron chi connectivity index (χ3n) is 3.40. The van der Waals surface area contributed by atoms with Gasteiger partial charge < -0.3 is 0 Å². The van der Waals surface area contributed by atoms with Crippen LogP contribution in [0.3, 0.4) is 0 Å². The summed E-state index contributed by atoms with van der Waals surface area (Å²) in [6.45, 7) is 4.24. The Kier molecular flexibility index (Phi) is 4.79. The first-order valence-corrected chi connectivity index (χ1v) is 7.60. The molecule has 0 bridgehead atoms. The van der Waals surface area contributed by atoms with Crippen LogP contribution in [-0.2, 0) is 0 Å². The molecule has 0 fully saturated rings. The van der Waals surface area contributed by atoms with Gasteiger partial charge >= 0.3 is 0 Å². The summed E-state index contributed by atoms with van der Waals surface area (Å²) in [6, 6.07) is 12.4. The van der Waals surface area contributed by atoms with E-state index < -0.39 is 0 Å². The normalized spacial score (nSPS) is 12.5. The molecule has 0 spiro atoms. The van der Waals surface area contributed by atoms with E-state index in [1.807, 2.05) is 12.1 Å². The Labute approximate surface area is 130 Å². The van der Waals surface area contributed by atoms with Gasteiger partial charge in [-0.05, 0) is 48.2 Å². The van der Waals surface area contributed by atoms with Gasteiger partial charge in [0.25, 0.3) is 0 Å². The number of hydrogen-bond acceptors (Lipinski definition) is 2. The summed E-state index contributed by atoms with van der Waals surface area (Å²) < 4.78 is 2.07. The van der Waals surface area contributed by atoms with Crippen LogP contribution in [0.15, 0.2) is 45.3 Å². The zero-order chi connectivity index (χ0) is 14.0. The smallest absolute Gasteiger partial charge is 0.0723 e. The van der Waals surface area contributed by atoms with Gasteiger partial charge in [0.15, 0.2) is 0 Å². The highest BCUT2D eigenvalue weighted by atomic mass is 79.9. The molecule has 0 aliphatic carbocycles. The average Bonchev–Trinajstić information content (AvgIpc) is 2.37. The first-order chi connectivity index (χ1) is 9.04. The molecule has 1 unspecified atom stereocenters. The van der Waals surface area contributed by atoms with E-state index in [1.54, 1.807) is 0 Å². The van der Waals surface area contributed by atoms with Crippen LogP contribution in [0.4, 0.5) is 0 Å². The summed E-state index contributed by atoms with van der Waals surface area (Å²) in [5.74, 6) is 5.78. The van der Waals surface area contributed by atoms with Gasteiger partial charge in [-0.2, -0.15) is 0 Å². The molecule has 0 saturated heterocycles. The van der Waals surface area contributed by atoms with Crippen molar-refractivity contribution in [2.24, 2.45) is 5.84 Å². The molecular formula is C15H16Br2N2. The fourth-order valence-electron chi connectivity index (χ4n) is 2.17. The van der Waals surface area contributed by atoms with Gasteiger partial charge in [0, 0.05) is 8.95 Å². The average molecular weight is 384 g/mol. The van der Waals surface area contributed by atoms with E-state index in [4.69, 9.17) is 5.84 Å². The highest BCUT2D eigenvalue weighted by molar-refractivity contribution is 9.11. The van der Waals surface area contributed by atoms with Crippen molar-refractivity contribution >= 4 is 31.9 Å². The Bertz CT molecular complexity index is 597. The minimum Gasteiger partial charge on any atom is -0.271 e. The van der Waals surface area contributed by atoms with Crippen molar-refractivity contribution in [2.75, 3.05) is 0 Å². The maximum Gasteiger partial charge on any atom is 0.0723 e. The van der Waals surface area contributed by atoms with Crippen molar-refractivity contribution in [3.05, 3.63) is 67.6 Å². The van der Waals surface area contributed by atoms with Crippen LogP contribution in [0.2, 0.25) is 0 Å². The molecule has 1 atom stereocenters. The lowest BCUT2D eigenvalue weighted by Gasteiger charge is -2.21. The van der Waals surface area contributed by atoms with Crippen molar-refractivity contribution in [3.63, 3.8) is 0 Å². The summed E-state index contributed by atoms with van der Waals surface area (Å²) in [5.41, 5.74) is 7.78. The Balaban J connectivity index is 2.53. The molecule has 2 aromatic carbocycles. The monoisotopic (exact) mass is 382 g/mol. The molecule has 0 aliphatic heterocycles. The largest absolute Gasteiger partial charge is 0.271 e. The van der Waals surface area contributed by atoms with Gasteiger partial charge in [-0.3, -0.25) is 5.84 Å². The minimum absolute atomic E-state index is 0.0256. The second kappa shape index (κ2) is 6.18. The first-order valence-electron chi connectivity index (χ1n) is 6.01. The molecule has 19 heavy (non-hydrogen) atoms. The van der Waals surface area contributed by atoms with E-state index >= 15 is 0 Å². The van der Waals surface area contributed by atoms with E-state index in [2.05, 4.69) is 75.4 Å². The molecule has 0 heterocycles. The minimum atomic E-state index is -0.0256. The lowest BCUT2D eigenvalue weighted by molar-refractivity contribution is 0.631. The number of rotatable bonds is 3. The fourth-order valence-corrected chi connectivity index (χ4v) is 3.45. The first kappa shape index (κ1) is 14.7. The van der Waals surface area contributed by atoms with Crippen molar-refractivity contribution in [1.82, 2.24) is 5.43 Å². The Morgan fingerprint density at radius 3 is 2.42 bits per heavy atom. The number of nitrogens with two attached hydrogens (primary N) is 1. The molecule has 0 radical (unpaired) electrons. The third-order valence-corrected chi connectivity index (χ3v) is 4.58. The lowest BCUT2D eigenvalue weighted by atomic mass is 9.93.